The van der Waals surface area contributed by atoms with Crippen LogP contribution in [-0.4, -0.2) is 19.8 Å². The number of nitro groups is 1. The minimum atomic E-state index is -0.453. The Hall–Kier alpha value is -2.78. The van der Waals surface area contributed by atoms with Crippen molar-refractivity contribution in [3.63, 3.8) is 0 Å². The molecule has 2 aromatic carbocycles. The highest BCUT2D eigenvalue weighted by Crippen LogP contribution is 2.22. The smallest absolute Gasteiger partial charge is 0.271 e. The first kappa shape index (κ1) is 19.0. The lowest BCUT2D eigenvalue weighted by Gasteiger charge is -2.09. The van der Waals surface area contributed by atoms with Crippen LogP contribution in [0.15, 0.2) is 59.2 Å². The molecule has 138 valence electrons. The van der Waals surface area contributed by atoms with Crippen LogP contribution in [0.3, 0.4) is 0 Å². The van der Waals surface area contributed by atoms with Gasteiger partial charge in [0.2, 0.25) is 0 Å². The van der Waals surface area contributed by atoms with E-state index >= 15 is 0 Å². The molecule has 27 heavy (non-hydrogen) atoms. The lowest BCUT2D eigenvalue weighted by Crippen LogP contribution is -2.19. The minimum absolute atomic E-state index is 0.00800. The first-order chi connectivity index (χ1) is 12.9. The van der Waals surface area contributed by atoms with Gasteiger partial charge in [-0.25, -0.2) is 0 Å². The van der Waals surface area contributed by atoms with Crippen molar-refractivity contribution in [2.24, 2.45) is 0 Å². The number of benzene rings is 2. The zero-order chi connectivity index (χ0) is 19.4. The fourth-order valence-corrected chi connectivity index (χ4v) is 3.04. The Balaban J connectivity index is 1.66. The Bertz CT molecular complexity index is 988. The molecule has 0 fully saturated rings. The minimum Gasteiger partial charge on any atom is -0.332 e. The summed E-state index contributed by atoms with van der Waals surface area (Å²) in [5, 5.41) is 21.5. The van der Waals surface area contributed by atoms with Crippen molar-refractivity contribution in [3.8, 4) is 0 Å². The van der Waals surface area contributed by atoms with Gasteiger partial charge in [0.1, 0.15) is 0 Å². The Kier molecular flexibility index (Phi) is 5.82. The van der Waals surface area contributed by atoms with Crippen molar-refractivity contribution in [2.45, 2.75) is 13.5 Å². The highest BCUT2D eigenvalue weighted by atomic mass is 79.9. The molecule has 0 bridgehead atoms. The molecule has 0 aliphatic heterocycles. The Morgan fingerprint density at radius 2 is 2.00 bits per heavy atom. The second-order valence-electron chi connectivity index (χ2n) is 5.90. The summed E-state index contributed by atoms with van der Waals surface area (Å²) in [4.78, 5) is 10.4. The molecule has 0 radical (unpaired) electrons. The molecule has 0 amide bonds. The molecule has 1 aromatic heterocycles. The van der Waals surface area contributed by atoms with Crippen LogP contribution < -0.4 is 10.6 Å². The maximum atomic E-state index is 10.9. The van der Waals surface area contributed by atoms with E-state index in [1.54, 1.807) is 16.8 Å². The number of thiocarbonyl (C=S) groups is 1. The number of anilines is 2. The number of hydrogen-bond donors (Lipinski definition) is 2. The lowest BCUT2D eigenvalue weighted by molar-refractivity contribution is -0.384. The van der Waals surface area contributed by atoms with Crippen LogP contribution in [0.25, 0.3) is 0 Å². The highest BCUT2D eigenvalue weighted by molar-refractivity contribution is 9.10. The molecule has 0 unspecified atom stereocenters. The van der Waals surface area contributed by atoms with E-state index < -0.39 is 4.92 Å². The van der Waals surface area contributed by atoms with Crippen LogP contribution in [0.1, 0.15) is 11.1 Å². The molecule has 9 heteroatoms. The quantitative estimate of drug-likeness (QED) is 0.335. The number of nitrogens with one attached hydrogen (secondary N) is 2. The third-order valence-corrected chi connectivity index (χ3v) is 4.51. The summed E-state index contributed by atoms with van der Waals surface area (Å²) in [6.45, 7) is 2.68. The van der Waals surface area contributed by atoms with Gasteiger partial charge in [0.25, 0.3) is 5.69 Å². The Morgan fingerprint density at radius 1 is 1.26 bits per heavy atom. The molecule has 7 nitrogen and oxygen atoms in total. The summed E-state index contributed by atoms with van der Waals surface area (Å²) in [6, 6.07) is 14.4. The van der Waals surface area contributed by atoms with Crippen LogP contribution in [0.5, 0.6) is 0 Å². The normalized spacial score (nSPS) is 10.4. The number of nitro benzene ring substituents is 1. The molecule has 0 saturated heterocycles. The fourth-order valence-electron chi connectivity index (χ4n) is 2.41. The molecule has 0 saturated carbocycles. The van der Waals surface area contributed by atoms with Crippen LogP contribution in [0.4, 0.5) is 17.2 Å². The number of aryl methyl sites for hydroxylation is 1. The Morgan fingerprint density at radius 3 is 2.70 bits per heavy atom. The number of hydrogen-bond acceptors (Lipinski definition) is 4. The molecule has 0 atom stereocenters. The number of nitrogens with zero attached hydrogens (tertiary/aromatic N) is 3. The highest BCUT2D eigenvalue weighted by Gasteiger charge is 2.10. The molecule has 2 N–H and O–H groups in total. The van der Waals surface area contributed by atoms with E-state index in [-0.39, 0.29) is 10.8 Å². The van der Waals surface area contributed by atoms with Crippen LogP contribution >= 0.6 is 28.1 Å². The van der Waals surface area contributed by atoms with Crippen LogP contribution in [-0.2, 0) is 6.54 Å². The lowest BCUT2D eigenvalue weighted by atomic mass is 10.1. The number of non-ortho nitro benzene ring substituents is 1. The topological polar surface area (TPSA) is 85.0 Å². The summed E-state index contributed by atoms with van der Waals surface area (Å²) in [5.41, 5.74) is 2.86. The van der Waals surface area contributed by atoms with E-state index in [9.17, 15) is 10.1 Å². The number of halogens is 1. The SMILES string of the molecule is Cc1ccc(Cn2cc(Br)c(NC(=S)Nc3cccc([N+](=O)[O-])c3)n2)cc1. The fraction of sp³-hybridized carbons (Fsp3) is 0.111. The zero-order valence-corrected chi connectivity index (χ0v) is 16.8. The van der Waals surface area contributed by atoms with Gasteiger partial charge in [-0.3, -0.25) is 14.8 Å². The second kappa shape index (κ2) is 8.28. The van der Waals surface area contributed by atoms with E-state index in [4.69, 9.17) is 12.2 Å². The van der Waals surface area contributed by atoms with Gasteiger partial charge in [-0.1, -0.05) is 35.9 Å². The van der Waals surface area contributed by atoms with Gasteiger partial charge in [0.15, 0.2) is 10.9 Å². The van der Waals surface area contributed by atoms with Gasteiger partial charge in [0, 0.05) is 24.0 Å². The zero-order valence-electron chi connectivity index (χ0n) is 14.3. The van der Waals surface area contributed by atoms with E-state index in [0.29, 0.717) is 18.1 Å². The summed E-state index contributed by atoms with van der Waals surface area (Å²) in [5.74, 6) is 0.560. The Labute approximate surface area is 169 Å². The third-order valence-electron chi connectivity index (χ3n) is 3.73. The monoisotopic (exact) mass is 445 g/mol. The van der Waals surface area contributed by atoms with Crippen molar-refractivity contribution in [1.29, 1.82) is 0 Å². The van der Waals surface area contributed by atoms with E-state index in [2.05, 4.69) is 55.9 Å². The summed E-state index contributed by atoms with van der Waals surface area (Å²) < 4.78 is 2.56. The molecule has 0 aliphatic carbocycles. The molecule has 3 rings (SSSR count). The summed E-state index contributed by atoms with van der Waals surface area (Å²) in [6.07, 6.45) is 1.86. The van der Waals surface area contributed by atoms with Gasteiger partial charge in [-0.15, -0.1) is 0 Å². The van der Waals surface area contributed by atoms with Crippen molar-refractivity contribution in [1.82, 2.24) is 9.78 Å². The largest absolute Gasteiger partial charge is 0.332 e. The second-order valence-corrected chi connectivity index (χ2v) is 7.16. The van der Waals surface area contributed by atoms with Gasteiger partial charge in [-0.2, -0.15) is 5.10 Å². The van der Waals surface area contributed by atoms with Gasteiger partial charge in [0.05, 0.1) is 15.9 Å². The summed E-state index contributed by atoms with van der Waals surface area (Å²) in [7, 11) is 0. The number of aromatic nitrogens is 2. The van der Waals surface area contributed by atoms with Crippen molar-refractivity contribution < 1.29 is 4.92 Å². The molecular formula is C18H16BrN5O2S. The molecule has 0 spiro atoms. The predicted molar refractivity (Wildman–Crippen MR) is 113 cm³/mol. The third kappa shape index (κ3) is 5.11. The predicted octanol–water partition coefficient (Wildman–Crippen LogP) is 4.72. The standard InChI is InChI=1S/C18H16BrN5O2S/c1-12-5-7-13(8-6-12)10-23-11-16(19)17(22-23)21-18(27)20-14-3-2-4-15(9-14)24(25)26/h2-9,11H,10H2,1H3,(H2,20,21,22,27). The van der Waals surface area contributed by atoms with Crippen molar-refractivity contribution in [2.75, 3.05) is 10.6 Å². The molecule has 0 aliphatic rings. The van der Waals surface area contributed by atoms with Gasteiger partial charge in [-0.05, 0) is 46.7 Å². The number of rotatable bonds is 5. The van der Waals surface area contributed by atoms with Crippen LogP contribution in [0.2, 0.25) is 0 Å². The van der Waals surface area contributed by atoms with Crippen molar-refractivity contribution in [3.05, 3.63) is 80.4 Å². The maximum absolute atomic E-state index is 10.9. The molecule has 3 aromatic rings. The van der Waals surface area contributed by atoms with Gasteiger partial charge < -0.3 is 10.6 Å². The van der Waals surface area contributed by atoms with E-state index in [1.165, 1.54) is 17.7 Å². The van der Waals surface area contributed by atoms with E-state index in [0.717, 1.165) is 10.0 Å². The van der Waals surface area contributed by atoms with Crippen molar-refractivity contribution >= 4 is 50.5 Å². The molecule has 1 heterocycles. The van der Waals surface area contributed by atoms with E-state index in [1.807, 2.05) is 13.1 Å². The van der Waals surface area contributed by atoms with Crippen LogP contribution in [0, 0.1) is 17.0 Å². The maximum Gasteiger partial charge on any atom is 0.271 e. The first-order valence-electron chi connectivity index (χ1n) is 8.01. The first-order valence-corrected chi connectivity index (χ1v) is 9.22. The average molecular weight is 446 g/mol. The average Bonchev–Trinajstić information content (AvgIpc) is 2.96. The molecular weight excluding hydrogens is 430 g/mol. The summed E-state index contributed by atoms with van der Waals surface area (Å²) >= 11 is 8.74. The van der Waals surface area contributed by atoms with Gasteiger partial charge >= 0.3 is 0 Å².